The van der Waals surface area contributed by atoms with Crippen molar-refractivity contribution >= 4 is 22.4 Å². The molecule has 4 rings (SSSR count). The van der Waals surface area contributed by atoms with Crippen LogP contribution in [0.5, 0.6) is 0 Å². The number of anilines is 1. The molecule has 0 radical (unpaired) electrons. The van der Waals surface area contributed by atoms with Gasteiger partial charge in [-0.3, -0.25) is 4.79 Å². The van der Waals surface area contributed by atoms with Crippen molar-refractivity contribution in [2.75, 3.05) is 5.32 Å². The Hall–Kier alpha value is -3.31. The number of carbonyl (C=O) groups is 1. The first kappa shape index (κ1) is 18.1. The highest BCUT2D eigenvalue weighted by molar-refractivity contribution is 5.99. The molecule has 4 N–H and O–H groups in total. The molecule has 0 saturated heterocycles. The average Bonchev–Trinajstić information content (AvgIpc) is 3.24. The maximum absolute atomic E-state index is 13.1. The second-order valence-corrected chi connectivity index (χ2v) is 6.95. The molecule has 3 aromatic carbocycles. The normalized spacial score (nSPS) is 19.0. The minimum Gasteiger partial charge on any atom is -0.463 e. The highest BCUT2D eigenvalue weighted by atomic mass is 16.5. The number of hydrogen-bond acceptors (Lipinski definition) is 4. The lowest BCUT2D eigenvalue weighted by atomic mass is 9.96. The summed E-state index contributed by atoms with van der Waals surface area (Å²) in [6.07, 6.45) is 4.45. The third-order valence-corrected chi connectivity index (χ3v) is 5.07. The number of ether oxygens (including phenoxy) is 1. The lowest BCUT2D eigenvalue weighted by Gasteiger charge is -2.33. The Morgan fingerprint density at radius 2 is 1.79 bits per heavy atom. The van der Waals surface area contributed by atoms with Gasteiger partial charge < -0.3 is 21.1 Å². The van der Waals surface area contributed by atoms with E-state index >= 15 is 0 Å². The summed E-state index contributed by atoms with van der Waals surface area (Å²) in [6.45, 7) is 0. The van der Waals surface area contributed by atoms with Gasteiger partial charge in [-0.15, -0.1) is 0 Å². The molecule has 0 fully saturated rings. The van der Waals surface area contributed by atoms with Crippen molar-refractivity contribution in [2.24, 2.45) is 5.73 Å². The summed E-state index contributed by atoms with van der Waals surface area (Å²) in [5, 5.41) is 8.15. The molecule has 1 aliphatic rings. The van der Waals surface area contributed by atoms with Gasteiger partial charge in [-0.1, -0.05) is 60.7 Å². The average molecular weight is 373 g/mol. The molecular weight excluding hydrogens is 350 g/mol. The number of nitrogens with one attached hydrogen (secondary N) is 2. The number of fused-ring (bicyclic) bond motifs is 1. The molecule has 0 bridgehead atoms. The van der Waals surface area contributed by atoms with E-state index in [4.69, 9.17) is 10.5 Å². The zero-order valence-electron chi connectivity index (χ0n) is 15.5. The molecule has 0 aliphatic carbocycles. The number of rotatable bonds is 6. The van der Waals surface area contributed by atoms with E-state index < -0.39 is 11.8 Å². The van der Waals surface area contributed by atoms with E-state index in [0.717, 1.165) is 17.2 Å². The predicted octanol–water partition coefficient (Wildman–Crippen LogP) is 3.53. The van der Waals surface area contributed by atoms with Crippen LogP contribution in [0, 0.1) is 0 Å². The van der Waals surface area contributed by atoms with Crippen molar-refractivity contribution in [3.63, 3.8) is 0 Å². The minimum atomic E-state index is -1.32. The van der Waals surface area contributed by atoms with Gasteiger partial charge in [-0.05, 0) is 41.3 Å². The van der Waals surface area contributed by atoms with Crippen LogP contribution in [0.3, 0.4) is 0 Å². The second-order valence-electron chi connectivity index (χ2n) is 6.95. The predicted molar refractivity (Wildman–Crippen MR) is 111 cm³/mol. The zero-order chi connectivity index (χ0) is 19.4. The van der Waals surface area contributed by atoms with Gasteiger partial charge in [0.1, 0.15) is 6.26 Å². The Kier molecular flexibility index (Phi) is 5.00. The smallest absolute Gasteiger partial charge is 0.291 e. The first-order chi connectivity index (χ1) is 13.7. The third kappa shape index (κ3) is 3.57. The van der Waals surface area contributed by atoms with Crippen LogP contribution in [0.2, 0.25) is 0 Å². The molecule has 1 heterocycles. The van der Waals surface area contributed by atoms with Gasteiger partial charge in [-0.2, -0.15) is 0 Å². The van der Waals surface area contributed by atoms with E-state index in [1.54, 1.807) is 6.20 Å². The van der Waals surface area contributed by atoms with Crippen molar-refractivity contribution < 1.29 is 9.53 Å². The van der Waals surface area contributed by atoms with Crippen LogP contribution in [-0.2, 0) is 16.0 Å². The maximum Gasteiger partial charge on any atom is 0.291 e. The van der Waals surface area contributed by atoms with Crippen LogP contribution in [0.1, 0.15) is 12.0 Å². The molecule has 0 spiro atoms. The number of benzene rings is 3. The van der Waals surface area contributed by atoms with Gasteiger partial charge in [0.25, 0.3) is 11.6 Å². The maximum atomic E-state index is 13.1. The van der Waals surface area contributed by atoms with Crippen LogP contribution >= 0.6 is 0 Å². The summed E-state index contributed by atoms with van der Waals surface area (Å²) in [7, 11) is 0. The van der Waals surface area contributed by atoms with Crippen molar-refractivity contribution in [1.29, 1.82) is 0 Å². The topological polar surface area (TPSA) is 76.4 Å². The van der Waals surface area contributed by atoms with Gasteiger partial charge in [0, 0.05) is 11.9 Å². The molecule has 2 atom stereocenters. The monoisotopic (exact) mass is 373 g/mol. The van der Waals surface area contributed by atoms with E-state index in [1.807, 2.05) is 60.7 Å². The van der Waals surface area contributed by atoms with Gasteiger partial charge in [0.2, 0.25) is 0 Å². The fraction of sp³-hybridized carbons (Fsp3) is 0.174. The first-order valence-electron chi connectivity index (χ1n) is 9.38. The lowest BCUT2D eigenvalue weighted by molar-refractivity contribution is -0.137. The summed E-state index contributed by atoms with van der Waals surface area (Å²) in [6, 6.07) is 23.4. The summed E-state index contributed by atoms with van der Waals surface area (Å²) in [4.78, 5) is 13.1. The Bertz CT molecular complexity index is 993. The van der Waals surface area contributed by atoms with Gasteiger partial charge in [0.05, 0.1) is 6.04 Å². The molecule has 1 unspecified atom stereocenters. The Morgan fingerprint density at radius 3 is 2.54 bits per heavy atom. The SMILES string of the molecule is N[C@H](CCc1ccccc1)C1(C(=O)Nc2ccc3ccccc3c2)NC=CO1. The molecule has 142 valence electrons. The molecule has 0 aromatic heterocycles. The first-order valence-corrected chi connectivity index (χ1v) is 9.38. The van der Waals surface area contributed by atoms with Crippen molar-refractivity contribution in [3.8, 4) is 0 Å². The molecular formula is C23H23N3O2. The molecule has 0 saturated carbocycles. The minimum absolute atomic E-state index is 0.312. The van der Waals surface area contributed by atoms with E-state index in [2.05, 4.69) is 22.8 Å². The van der Waals surface area contributed by atoms with Gasteiger partial charge >= 0.3 is 0 Å². The molecule has 5 nitrogen and oxygen atoms in total. The number of nitrogens with two attached hydrogens (primary N) is 1. The number of hydrogen-bond donors (Lipinski definition) is 3. The van der Waals surface area contributed by atoms with Gasteiger partial charge in [0.15, 0.2) is 0 Å². The van der Waals surface area contributed by atoms with Crippen LogP contribution in [0.15, 0.2) is 85.3 Å². The number of carbonyl (C=O) groups excluding carboxylic acids is 1. The number of aryl methyl sites for hydroxylation is 1. The largest absolute Gasteiger partial charge is 0.463 e. The van der Waals surface area contributed by atoms with Crippen molar-refractivity contribution in [1.82, 2.24) is 5.32 Å². The standard InChI is InChI=1S/C23H23N3O2/c24-21(13-10-17-6-2-1-3-7-17)23(25-14-15-28-23)22(27)26-20-12-11-18-8-4-5-9-19(18)16-20/h1-9,11-12,14-16,21,25H,10,13,24H2,(H,26,27)/t21-,23?/m1/s1. The summed E-state index contributed by atoms with van der Waals surface area (Å²) in [5.74, 6) is -0.312. The molecule has 28 heavy (non-hydrogen) atoms. The summed E-state index contributed by atoms with van der Waals surface area (Å²) >= 11 is 0. The van der Waals surface area contributed by atoms with Crippen LogP contribution in [0.4, 0.5) is 5.69 Å². The third-order valence-electron chi connectivity index (χ3n) is 5.07. The van der Waals surface area contributed by atoms with E-state index in [1.165, 1.54) is 11.8 Å². The zero-order valence-corrected chi connectivity index (χ0v) is 15.5. The van der Waals surface area contributed by atoms with Crippen LogP contribution in [-0.4, -0.2) is 17.7 Å². The quantitative estimate of drug-likeness (QED) is 0.618. The highest BCUT2D eigenvalue weighted by Gasteiger charge is 2.47. The lowest BCUT2D eigenvalue weighted by Crippen LogP contribution is -2.63. The van der Waals surface area contributed by atoms with E-state index in [-0.39, 0.29) is 5.91 Å². The molecule has 1 amide bonds. The Morgan fingerprint density at radius 1 is 1.04 bits per heavy atom. The second kappa shape index (κ2) is 7.74. The molecule has 1 aliphatic heterocycles. The summed E-state index contributed by atoms with van der Waals surface area (Å²) in [5.41, 5.74) is 6.98. The van der Waals surface area contributed by atoms with Crippen LogP contribution < -0.4 is 16.4 Å². The van der Waals surface area contributed by atoms with Gasteiger partial charge in [-0.25, -0.2) is 0 Å². The summed E-state index contributed by atoms with van der Waals surface area (Å²) < 4.78 is 5.68. The number of amides is 1. The molecule has 5 heteroatoms. The highest BCUT2D eigenvalue weighted by Crippen LogP contribution is 2.25. The van der Waals surface area contributed by atoms with Crippen LogP contribution in [0.25, 0.3) is 10.8 Å². The van der Waals surface area contributed by atoms with Crippen molar-refractivity contribution in [2.45, 2.75) is 24.6 Å². The van der Waals surface area contributed by atoms with E-state index in [0.29, 0.717) is 12.1 Å². The fourth-order valence-electron chi connectivity index (χ4n) is 3.48. The Labute approximate surface area is 164 Å². The fourth-order valence-corrected chi connectivity index (χ4v) is 3.48. The Balaban J connectivity index is 1.49. The van der Waals surface area contributed by atoms with Crippen molar-refractivity contribution in [3.05, 3.63) is 90.8 Å². The molecule has 3 aromatic rings. The van der Waals surface area contributed by atoms with E-state index in [9.17, 15) is 4.79 Å².